The molecule has 1 aliphatic heterocycles. The van der Waals surface area contributed by atoms with Crippen molar-refractivity contribution in [1.29, 1.82) is 0 Å². The van der Waals surface area contributed by atoms with Crippen LogP contribution in [0.1, 0.15) is 39.2 Å². The van der Waals surface area contributed by atoms with E-state index in [9.17, 15) is 13.2 Å². The summed E-state index contributed by atoms with van der Waals surface area (Å²) >= 11 is 0. The summed E-state index contributed by atoms with van der Waals surface area (Å²) in [5, 5.41) is 8.55. The van der Waals surface area contributed by atoms with E-state index in [4.69, 9.17) is 19.8 Å². The molecule has 0 amide bonds. The maximum absolute atomic E-state index is 13.6. The molecule has 0 unspecified atom stereocenters. The van der Waals surface area contributed by atoms with Crippen molar-refractivity contribution in [3.05, 3.63) is 40.3 Å². The zero-order chi connectivity index (χ0) is 28.0. The zero-order valence-corrected chi connectivity index (χ0v) is 23.6. The summed E-state index contributed by atoms with van der Waals surface area (Å²) in [5.41, 5.74) is 3.94. The first-order valence-corrected chi connectivity index (χ1v) is 14.9. The van der Waals surface area contributed by atoms with Gasteiger partial charge in [-0.3, -0.25) is 19.7 Å². The van der Waals surface area contributed by atoms with Crippen LogP contribution in [0.25, 0.3) is 22.4 Å². The van der Waals surface area contributed by atoms with E-state index in [1.54, 1.807) is 23.8 Å². The monoisotopic (exact) mass is 562 g/mol. The van der Waals surface area contributed by atoms with Crippen LogP contribution in [0.3, 0.4) is 0 Å². The van der Waals surface area contributed by atoms with Gasteiger partial charge in [0, 0.05) is 45.5 Å². The molecule has 0 bridgehead atoms. The molecule has 12 nitrogen and oxygen atoms in total. The number of benzene rings is 1. The number of hydrogen-bond acceptors (Lipinski definition) is 9. The number of H-pyrrole nitrogens is 1. The lowest BCUT2D eigenvalue weighted by molar-refractivity contribution is -0.130. The third-order valence-electron chi connectivity index (χ3n) is 6.87. The smallest absolute Gasteiger partial charge is 0.275 e. The number of sulfonamides is 1. The average Bonchev–Trinajstić information content (AvgIpc) is 3.30. The molecule has 0 spiro atoms. The molecule has 4 rings (SSSR count). The molecule has 3 N–H and O–H groups in total. The molecule has 214 valence electrons. The van der Waals surface area contributed by atoms with Crippen LogP contribution in [-0.4, -0.2) is 83.3 Å². The number of fused-ring (bicyclic) bond motifs is 1. The minimum Gasteiger partial charge on any atom is -0.493 e. The van der Waals surface area contributed by atoms with Crippen molar-refractivity contribution in [2.24, 2.45) is 0 Å². The van der Waals surface area contributed by atoms with E-state index < -0.39 is 10.0 Å². The minimum absolute atomic E-state index is 0.116. The number of aromatic nitrogens is 3. The van der Waals surface area contributed by atoms with Gasteiger partial charge in [-0.2, -0.15) is 4.31 Å². The summed E-state index contributed by atoms with van der Waals surface area (Å²) in [7, 11) is -3.80. The molecule has 0 saturated carbocycles. The Morgan fingerprint density at radius 3 is 2.54 bits per heavy atom. The Balaban J connectivity index is 1.71. The summed E-state index contributed by atoms with van der Waals surface area (Å²) < 4.78 is 36.6. The van der Waals surface area contributed by atoms with E-state index in [1.807, 2.05) is 24.6 Å². The first-order chi connectivity index (χ1) is 18.8. The molecule has 3 aromatic rings. The van der Waals surface area contributed by atoms with Crippen molar-refractivity contribution in [3.8, 4) is 17.1 Å². The molecule has 2 aromatic heterocycles. The average molecular weight is 563 g/mol. The Morgan fingerprint density at radius 2 is 1.87 bits per heavy atom. The molecule has 3 heterocycles. The molecule has 0 atom stereocenters. The van der Waals surface area contributed by atoms with Crippen LogP contribution in [0.2, 0.25) is 0 Å². The van der Waals surface area contributed by atoms with Gasteiger partial charge in [-0.1, -0.05) is 25.9 Å². The molecular weight excluding hydrogens is 524 g/mol. The van der Waals surface area contributed by atoms with E-state index in [0.717, 1.165) is 24.8 Å². The van der Waals surface area contributed by atoms with Gasteiger partial charge in [-0.25, -0.2) is 13.4 Å². The molecule has 1 aliphatic rings. The van der Waals surface area contributed by atoms with Crippen LogP contribution >= 0.6 is 0 Å². The first-order valence-electron chi connectivity index (χ1n) is 13.5. The minimum atomic E-state index is -3.80. The van der Waals surface area contributed by atoms with E-state index in [0.29, 0.717) is 68.2 Å². The van der Waals surface area contributed by atoms with E-state index >= 15 is 0 Å². The Kier molecular flexibility index (Phi) is 9.75. The van der Waals surface area contributed by atoms with Gasteiger partial charge in [0.05, 0.1) is 29.2 Å². The maximum atomic E-state index is 13.6. The van der Waals surface area contributed by atoms with Gasteiger partial charge in [0.15, 0.2) is 0 Å². The summed E-state index contributed by atoms with van der Waals surface area (Å²) in [6, 6.07) is 4.74. The fourth-order valence-electron chi connectivity index (χ4n) is 4.86. The second kappa shape index (κ2) is 13.0. The van der Waals surface area contributed by atoms with Crippen molar-refractivity contribution >= 4 is 21.1 Å². The first kappa shape index (κ1) is 29.2. The highest BCUT2D eigenvalue weighted by Crippen LogP contribution is 2.33. The molecular formula is C26H38N6O6S. The molecule has 1 fully saturated rings. The number of ether oxygens (including phenoxy) is 1. The predicted molar refractivity (Wildman–Crippen MR) is 147 cm³/mol. The fraction of sp³-hybridized carbons (Fsp3) is 0.538. The number of nitrogens with zero attached hydrogens (tertiary/aromatic N) is 4. The lowest BCUT2D eigenvalue weighted by atomic mass is 10.1. The number of aryl methyl sites for hydroxylation is 2. The standard InChI is InChI=1S/C26H38N6O6S/c1-4-7-19-18-31(6-3)24-23(19)27-25(28-26(24)33)21-17-20(8-9-22(21)37-15-5-2)39(35,36)32-12-10-30(11-13-32)14-16-38-29-34/h8-9,17-18,29,34H,4-7,10-16H2,1-3H3,(H,27,28,33). The Morgan fingerprint density at radius 1 is 1.10 bits per heavy atom. The molecule has 1 aromatic carbocycles. The Hall–Kier alpha value is -2.81. The van der Waals surface area contributed by atoms with Crippen LogP contribution < -0.4 is 15.9 Å². The third-order valence-corrected chi connectivity index (χ3v) is 8.76. The number of nitrogens with one attached hydrogen (secondary N) is 2. The van der Waals surface area contributed by atoms with Crippen molar-refractivity contribution in [3.63, 3.8) is 0 Å². The van der Waals surface area contributed by atoms with Gasteiger partial charge in [-0.15, -0.1) is 0 Å². The summed E-state index contributed by atoms with van der Waals surface area (Å²) in [5.74, 6) is 0.747. The van der Waals surface area contributed by atoms with Gasteiger partial charge < -0.3 is 14.3 Å². The van der Waals surface area contributed by atoms with Crippen molar-refractivity contribution < 1.29 is 23.2 Å². The third kappa shape index (κ3) is 6.34. The highest BCUT2D eigenvalue weighted by molar-refractivity contribution is 7.89. The van der Waals surface area contributed by atoms with Crippen molar-refractivity contribution in [2.75, 3.05) is 45.9 Å². The summed E-state index contributed by atoms with van der Waals surface area (Å²) in [6.07, 6.45) is 4.43. The number of hydrogen-bond donors (Lipinski definition) is 3. The lowest BCUT2D eigenvalue weighted by Gasteiger charge is -2.33. The molecule has 1 saturated heterocycles. The SMILES string of the molecule is CCCOc1ccc(S(=O)(=O)N2CCN(CCONO)CC2)cc1-c1nc2c(CCC)cn(CC)c2c(=O)[nH]1. The van der Waals surface area contributed by atoms with Crippen LogP contribution in [0.4, 0.5) is 0 Å². The fourth-order valence-corrected chi connectivity index (χ4v) is 6.30. The molecule has 13 heteroatoms. The second-order valence-electron chi connectivity index (χ2n) is 9.49. The second-order valence-corrected chi connectivity index (χ2v) is 11.4. The number of rotatable bonds is 13. The van der Waals surface area contributed by atoms with E-state index in [1.165, 1.54) is 4.31 Å². The largest absolute Gasteiger partial charge is 0.493 e. The van der Waals surface area contributed by atoms with Gasteiger partial charge >= 0.3 is 0 Å². The van der Waals surface area contributed by atoms with E-state index in [2.05, 4.69) is 16.8 Å². The lowest BCUT2D eigenvalue weighted by Crippen LogP contribution is -2.49. The van der Waals surface area contributed by atoms with Gasteiger partial charge in [0.25, 0.3) is 5.56 Å². The normalized spacial score (nSPS) is 15.3. The highest BCUT2D eigenvalue weighted by atomic mass is 32.2. The van der Waals surface area contributed by atoms with Crippen molar-refractivity contribution in [2.45, 2.75) is 51.5 Å². The summed E-state index contributed by atoms with van der Waals surface area (Å²) in [6.45, 7) is 9.70. The Labute approximate surface area is 228 Å². The van der Waals surface area contributed by atoms with Crippen LogP contribution in [0, 0.1) is 0 Å². The van der Waals surface area contributed by atoms with Crippen molar-refractivity contribution in [1.82, 2.24) is 29.4 Å². The predicted octanol–water partition coefficient (Wildman–Crippen LogP) is 2.37. The molecule has 0 radical (unpaired) electrons. The number of piperazine rings is 1. The summed E-state index contributed by atoms with van der Waals surface area (Å²) in [4.78, 5) is 27.9. The zero-order valence-electron chi connectivity index (χ0n) is 22.8. The van der Waals surface area contributed by atoms with Crippen LogP contribution in [0.5, 0.6) is 5.75 Å². The molecule has 0 aliphatic carbocycles. The quantitative estimate of drug-likeness (QED) is 0.211. The number of aromatic amines is 1. The molecule has 39 heavy (non-hydrogen) atoms. The van der Waals surface area contributed by atoms with Gasteiger partial charge in [0.1, 0.15) is 17.1 Å². The van der Waals surface area contributed by atoms with Crippen LogP contribution in [-0.2, 0) is 27.8 Å². The maximum Gasteiger partial charge on any atom is 0.275 e. The van der Waals surface area contributed by atoms with Crippen LogP contribution in [0.15, 0.2) is 34.1 Å². The topological polar surface area (TPSA) is 142 Å². The Bertz CT molecular complexity index is 1430. The highest BCUT2D eigenvalue weighted by Gasteiger charge is 2.29. The van der Waals surface area contributed by atoms with Gasteiger partial charge in [0.2, 0.25) is 10.0 Å². The van der Waals surface area contributed by atoms with E-state index in [-0.39, 0.29) is 22.9 Å². The van der Waals surface area contributed by atoms with Gasteiger partial charge in [-0.05, 0) is 43.5 Å².